The highest BCUT2D eigenvalue weighted by Crippen LogP contribution is 2.29. The number of ether oxygens (including phenoxy) is 2. The maximum atomic E-state index is 12.6. The summed E-state index contributed by atoms with van der Waals surface area (Å²) in [6, 6.07) is 17.5. The predicted molar refractivity (Wildman–Crippen MR) is 101 cm³/mol. The van der Waals surface area contributed by atoms with E-state index in [4.69, 9.17) is 4.74 Å². The van der Waals surface area contributed by atoms with Crippen molar-refractivity contribution in [3.63, 3.8) is 0 Å². The Kier molecular flexibility index (Phi) is 5.54. The molecular weight excluding hydrogens is 352 g/mol. The van der Waals surface area contributed by atoms with E-state index < -0.39 is 12.5 Å². The van der Waals surface area contributed by atoms with Gasteiger partial charge in [0.1, 0.15) is 11.5 Å². The lowest BCUT2D eigenvalue weighted by molar-refractivity contribution is -0.117. The molecule has 0 unspecified atom stereocenters. The Balaban J connectivity index is 1.80. The van der Waals surface area contributed by atoms with Crippen LogP contribution in [0.4, 0.5) is 14.5 Å². The Morgan fingerprint density at radius 1 is 1.00 bits per heavy atom. The molecule has 4 nitrogen and oxygen atoms in total. The van der Waals surface area contributed by atoms with Crippen LogP contribution in [0.25, 0.3) is 10.8 Å². The zero-order valence-electron chi connectivity index (χ0n) is 14.9. The summed E-state index contributed by atoms with van der Waals surface area (Å²) in [5, 5.41) is 4.65. The Morgan fingerprint density at radius 3 is 2.44 bits per heavy atom. The van der Waals surface area contributed by atoms with Crippen LogP contribution in [0.3, 0.4) is 0 Å². The first-order valence-corrected chi connectivity index (χ1v) is 8.40. The molecule has 0 spiro atoms. The van der Waals surface area contributed by atoms with Crippen LogP contribution in [-0.2, 0) is 4.79 Å². The van der Waals surface area contributed by atoms with Gasteiger partial charge in [0.2, 0.25) is 5.91 Å². The summed E-state index contributed by atoms with van der Waals surface area (Å²) < 4.78 is 34.7. The molecule has 1 amide bonds. The third-order valence-electron chi connectivity index (χ3n) is 4.33. The first-order valence-electron chi connectivity index (χ1n) is 8.40. The van der Waals surface area contributed by atoms with Gasteiger partial charge in [-0.25, -0.2) is 0 Å². The topological polar surface area (TPSA) is 47.6 Å². The highest BCUT2D eigenvalue weighted by atomic mass is 19.3. The quantitative estimate of drug-likeness (QED) is 0.648. The normalized spacial score (nSPS) is 12.0. The minimum atomic E-state index is -2.96. The molecule has 3 aromatic carbocycles. The summed E-state index contributed by atoms with van der Waals surface area (Å²) in [5.74, 6) is -0.0976. The van der Waals surface area contributed by atoms with Gasteiger partial charge in [0.15, 0.2) is 0 Å². The smallest absolute Gasteiger partial charge is 0.387 e. The van der Waals surface area contributed by atoms with E-state index in [0.717, 1.165) is 22.1 Å². The van der Waals surface area contributed by atoms with Gasteiger partial charge in [0.05, 0.1) is 18.7 Å². The van der Waals surface area contributed by atoms with E-state index in [9.17, 15) is 13.6 Å². The van der Waals surface area contributed by atoms with Crippen molar-refractivity contribution in [1.29, 1.82) is 0 Å². The molecule has 0 aromatic heterocycles. The van der Waals surface area contributed by atoms with E-state index in [1.807, 2.05) is 36.4 Å². The largest absolute Gasteiger partial charge is 0.497 e. The van der Waals surface area contributed by atoms with Crippen molar-refractivity contribution in [3.8, 4) is 11.5 Å². The Bertz CT molecular complexity index is 959. The van der Waals surface area contributed by atoms with Crippen LogP contribution in [0.2, 0.25) is 0 Å². The third-order valence-corrected chi connectivity index (χ3v) is 4.33. The first-order chi connectivity index (χ1) is 13.0. The zero-order valence-corrected chi connectivity index (χ0v) is 14.9. The summed E-state index contributed by atoms with van der Waals surface area (Å²) in [5.41, 5.74) is 1.03. The summed E-state index contributed by atoms with van der Waals surface area (Å²) in [6.45, 7) is -1.20. The minimum absolute atomic E-state index is 0.0707. The maximum absolute atomic E-state index is 12.6. The second-order valence-electron chi connectivity index (χ2n) is 6.06. The fraction of sp³-hybridized carbons (Fsp3) is 0.190. The number of carbonyl (C=O) groups is 1. The van der Waals surface area contributed by atoms with Gasteiger partial charge in [-0.2, -0.15) is 8.78 Å². The van der Waals surface area contributed by atoms with E-state index in [1.54, 1.807) is 26.2 Å². The number of nitrogens with one attached hydrogen (secondary N) is 1. The predicted octanol–water partition coefficient (Wildman–Crippen LogP) is 5.19. The number of carbonyl (C=O) groups excluding carboxylic acids is 1. The summed E-state index contributed by atoms with van der Waals surface area (Å²) in [7, 11) is 1.61. The van der Waals surface area contributed by atoms with Gasteiger partial charge in [-0.3, -0.25) is 4.79 Å². The molecule has 0 aliphatic heterocycles. The fourth-order valence-electron chi connectivity index (χ4n) is 2.80. The number of anilines is 1. The van der Waals surface area contributed by atoms with Gasteiger partial charge >= 0.3 is 6.61 Å². The van der Waals surface area contributed by atoms with Crippen molar-refractivity contribution in [2.45, 2.75) is 19.5 Å². The van der Waals surface area contributed by atoms with E-state index in [-0.39, 0.29) is 17.3 Å². The van der Waals surface area contributed by atoms with Gasteiger partial charge < -0.3 is 14.8 Å². The van der Waals surface area contributed by atoms with E-state index in [1.165, 1.54) is 12.1 Å². The summed E-state index contributed by atoms with van der Waals surface area (Å²) in [4.78, 5) is 12.6. The molecule has 140 valence electrons. The molecule has 0 bridgehead atoms. The second kappa shape index (κ2) is 8.03. The molecule has 1 atom stereocenters. The molecule has 3 rings (SSSR count). The Labute approximate surface area is 155 Å². The van der Waals surface area contributed by atoms with E-state index in [0.29, 0.717) is 0 Å². The molecule has 0 saturated carbocycles. The molecular formula is C21H19F2NO3. The number of para-hydroxylation sites is 2. The van der Waals surface area contributed by atoms with Crippen molar-refractivity contribution < 1.29 is 23.0 Å². The van der Waals surface area contributed by atoms with Crippen LogP contribution >= 0.6 is 0 Å². The fourth-order valence-corrected chi connectivity index (χ4v) is 2.80. The molecule has 0 aliphatic rings. The van der Waals surface area contributed by atoms with Crippen molar-refractivity contribution in [1.82, 2.24) is 0 Å². The molecule has 0 saturated heterocycles. The van der Waals surface area contributed by atoms with Gasteiger partial charge in [0, 0.05) is 0 Å². The number of amides is 1. The monoisotopic (exact) mass is 371 g/mol. The molecule has 0 fully saturated rings. The molecule has 0 heterocycles. The highest BCUT2D eigenvalue weighted by molar-refractivity contribution is 5.97. The van der Waals surface area contributed by atoms with Gasteiger partial charge in [-0.05, 0) is 47.5 Å². The second-order valence-corrected chi connectivity index (χ2v) is 6.06. The molecule has 3 aromatic rings. The van der Waals surface area contributed by atoms with Crippen molar-refractivity contribution in [3.05, 3.63) is 66.2 Å². The molecule has 1 N–H and O–H groups in total. The maximum Gasteiger partial charge on any atom is 0.387 e. The number of hydrogen-bond acceptors (Lipinski definition) is 3. The van der Waals surface area contributed by atoms with Crippen LogP contribution < -0.4 is 14.8 Å². The van der Waals surface area contributed by atoms with Crippen molar-refractivity contribution in [2.75, 3.05) is 12.4 Å². The van der Waals surface area contributed by atoms with Crippen LogP contribution in [0.15, 0.2) is 60.7 Å². The van der Waals surface area contributed by atoms with Crippen molar-refractivity contribution >= 4 is 22.4 Å². The van der Waals surface area contributed by atoms with Crippen LogP contribution in [0.1, 0.15) is 18.4 Å². The lowest BCUT2D eigenvalue weighted by Crippen LogP contribution is -2.19. The molecule has 27 heavy (non-hydrogen) atoms. The highest BCUT2D eigenvalue weighted by Gasteiger charge is 2.18. The lowest BCUT2D eigenvalue weighted by Gasteiger charge is -2.16. The standard InChI is InChI=1S/C21H19F2NO3/c1-13(14-7-8-16-12-17(26-2)10-9-15(16)11-14)20(25)24-18-5-3-4-6-19(18)27-21(22)23/h3-13,21H,1-2H3,(H,24,25)/t13-/m0/s1. The number of hydrogen-bond donors (Lipinski definition) is 1. The number of benzene rings is 3. The number of fused-ring (bicyclic) bond motifs is 1. The van der Waals surface area contributed by atoms with E-state index >= 15 is 0 Å². The average Bonchev–Trinajstić information content (AvgIpc) is 2.67. The molecule has 6 heteroatoms. The molecule has 0 aliphatic carbocycles. The van der Waals surface area contributed by atoms with Gasteiger partial charge in [0.25, 0.3) is 0 Å². The average molecular weight is 371 g/mol. The number of rotatable bonds is 6. The third kappa shape index (κ3) is 4.34. The van der Waals surface area contributed by atoms with Gasteiger partial charge in [-0.15, -0.1) is 0 Å². The number of alkyl halides is 2. The summed E-state index contributed by atoms with van der Waals surface area (Å²) in [6.07, 6.45) is 0. The Morgan fingerprint density at radius 2 is 1.70 bits per heavy atom. The van der Waals surface area contributed by atoms with Crippen molar-refractivity contribution in [2.24, 2.45) is 0 Å². The SMILES string of the molecule is COc1ccc2cc([C@H](C)C(=O)Nc3ccccc3OC(F)F)ccc2c1. The van der Waals surface area contributed by atoms with Crippen LogP contribution in [0.5, 0.6) is 11.5 Å². The van der Waals surface area contributed by atoms with E-state index in [2.05, 4.69) is 10.1 Å². The van der Waals surface area contributed by atoms with Crippen LogP contribution in [-0.4, -0.2) is 19.6 Å². The van der Waals surface area contributed by atoms with Crippen LogP contribution in [0, 0.1) is 0 Å². The molecule has 0 radical (unpaired) electrons. The number of methoxy groups -OCH3 is 1. The minimum Gasteiger partial charge on any atom is -0.497 e. The van der Waals surface area contributed by atoms with Gasteiger partial charge in [-0.1, -0.05) is 36.4 Å². The first kappa shape index (κ1) is 18.6. The summed E-state index contributed by atoms with van der Waals surface area (Å²) >= 11 is 0. The Hall–Kier alpha value is -3.15. The number of halogens is 2. The zero-order chi connectivity index (χ0) is 19.4. The lowest BCUT2D eigenvalue weighted by atomic mass is 9.97.